The van der Waals surface area contributed by atoms with Crippen molar-refractivity contribution in [2.45, 2.75) is 0 Å². The number of hydrogen-bond donors (Lipinski definition) is 0. The first-order valence-electron chi connectivity index (χ1n) is 40.9. The lowest BCUT2D eigenvalue weighted by atomic mass is 10.0. The molecule has 18 nitrogen and oxygen atoms in total. The Labute approximate surface area is 729 Å². The van der Waals surface area contributed by atoms with Crippen molar-refractivity contribution in [3.05, 3.63) is 377 Å². The molecule has 126 heavy (non-hydrogen) atoms. The first kappa shape index (κ1) is 73.3. The average Bonchev–Trinajstić information content (AvgIpc) is 1.57. The quantitative estimate of drug-likeness (QED) is 0.118. The van der Waals surface area contributed by atoms with Gasteiger partial charge in [0.1, 0.15) is 33.5 Å². The van der Waals surface area contributed by atoms with Crippen molar-refractivity contribution >= 4 is 160 Å². The number of benzene rings is 14. The third kappa shape index (κ3) is 12.8. The van der Waals surface area contributed by atoms with Crippen LogP contribution in [-0.2, 0) is 0 Å². The summed E-state index contributed by atoms with van der Waals surface area (Å²) in [6.45, 7) is 0. The Balaban J connectivity index is 0.000000106. The van der Waals surface area contributed by atoms with E-state index >= 15 is 0 Å². The summed E-state index contributed by atoms with van der Waals surface area (Å²) < 4.78 is 10.2. The van der Waals surface area contributed by atoms with Gasteiger partial charge in [0.25, 0.3) is 0 Å². The molecule has 26 aromatic rings. The highest BCUT2D eigenvalue weighted by Crippen LogP contribution is 2.47. The monoisotopic (exact) mass is 1670 g/mol. The molecule has 0 N–H and O–H groups in total. The lowest BCUT2D eigenvalue weighted by Gasteiger charge is -2.12. The van der Waals surface area contributed by atoms with E-state index in [2.05, 4.69) is 226 Å². The molecule has 0 aliphatic carbocycles. The van der Waals surface area contributed by atoms with Gasteiger partial charge < -0.3 is 4.57 Å². The van der Waals surface area contributed by atoms with Crippen molar-refractivity contribution in [2.24, 2.45) is 0 Å². The molecule has 26 rings (SSSR count). The van der Waals surface area contributed by atoms with Crippen molar-refractivity contribution < 1.29 is 0 Å². The predicted molar refractivity (Wildman–Crippen MR) is 511 cm³/mol. The first-order chi connectivity index (χ1) is 62.5. The molecule has 0 fully saturated rings. The molecule has 12 heterocycles. The molecule has 0 aliphatic heterocycles. The molecule has 0 bridgehead atoms. The van der Waals surface area contributed by atoms with Gasteiger partial charge in [0, 0.05) is 142 Å². The van der Waals surface area contributed by atoms with Crippen LogP contribution in [0.1, 0.15) is 0 Å². The molecule has 14 aromatic carbocycles. The summed E-state index contributed by atoms with van der Waals surface area (Å²) in [7, 11) is 0. The normalized spacial score (nSPS) is 11.7. The largest absolute Gasteiger partial charge is 0.309 e. The summed E-state index contributed by atoms with van der Waals surface area (Å²) in [5, 5.41) is 13.4. The van der Waals surface area contributed by atoms with Crippen LogP contribution in [0.25, 0.3) is 235 Å². The minimum atomic E-state index is 0.566. The van der Waals surface area contributed by atoms with Gasteiger partial charge in [0.05, 0.1) is 33.1 Å². The van der Waals surface area contributed by atoms with Crippen molar-refractivity contribution in [1.29, 1.82) is 0 Å². The van der Waals surface area contributed by atoms with Crippen LogP contribution in [0.4, 0.5) is 0 Å². The Kier molecular flexibility index (Phi) is 17.9. The second-order valence-corrected chi connectivity index (χ2v) is 33.4. The molecule has 0 atom stereocenters. The lowest BCUT2D eigenvalue weighted by Crippen LogP contribution is -2.06. The topological polar surface area (TPSA) is 208 Å². The van der Waals surface area contributed by atoms with Crippen LogP contribution in [0, 0.1) is 0 Å². The Morgan fingerprint density at radius 1 is 0.198 bits per heavy atom. The Bertz CT molecular complexity index is 8610. The molecule has 0 aliphatic rings. The standard InChI is InChI=1S/2C37H22N6S.C31H18N6S/c1-3-10-23(11-4-1)34-40-35(24-12-5-2-6-13-24)42-36(41-34)25-14-9-15-26(20-25)43-30-17-8-7-16-27(30)28-18-19-31-32(33(28)43)29-21-38-22-39-37(29)44-31;1-3-9-23(10-4-1)24-15-17-26(18-16-24)35-40-34(25-11-5-2-6-12-25)41-37(42-35)43-30-14-8-7-13-27(30)28-19-20-31-32(33(28)43)29-21-38-22-39-36(29)44-31;1-3-9-19(10-4-1)28-34-29(20-11-5-2-6-12-20)36-31(35-28)37-24-14-8-7-13-21(24)22-15-16-25-26(27(22)37)23-17-32-18-33-30(23)38-25/h2*1-22H;1-18H. The van der Waals surface area contributed by atoms with Crippen molar-refractivity contribution in [3.63, 3.8) is 0 Å². The summed E-state index contributed by atoms with van der Waals surface area (Å²) in [5.41, 5.74) is 16.3. The van der Waals surface area contributed by atoms with Gasteiger partial charge in [-0.15, -0.1) is 34.0 Å². The van der Waals surface area contributed by atoms with Crippen molar-refractivity contribution in [2.75, 3.05) is 0 Å². The van der Waals surface area contributed by atoms with Gasteiger partial charge in [-0.2, -0.15) is 19.9 Å². The van der Waals surface area contributed by atoms with E-state index in [0.717, 1.165) is 156 Å². The van der Waals surface area contributed by atoms with Crippen molar-refractivity contribution in [3.8, 4) is 108 Å². The van der Waals surface area contributed by atoms with E-state index in [1.165, 1.54) is 26.4 Å². The Morgan fingerprint density at radius 2 is 0.468 bits per heavy atom. The number of para-hydroxylation sites is 3. The maximum atomic E-state index is 5.16. The van der Waals surface area contributed by atoms with E-state index in [0.29, 0.717) is 52.7 Å². The van der Waals surface area contributed by atoms with Crippen molar-refractivity contribution in [1.82, 2.24) is 88.5 Å². The number of thiophene rings is 3. The van der Waals surface area contributed by atoms with Gasteiger partial charge in [0.15, 0.2) is 40.8 Å². The van der Waals surface area contributed by atoms with Gasteiger partial charge in [-0.1, -0.05) is 291 Å². The van der Waals surface area contributed by atoms with Crippen LogP contribution in [-0.4, -0.2) is 88.5 Å². The van der Waals surface area contributed by atoms with Gasteiger partial charge in [-0.05, 0) is 59.7 Å². The highest BCUT2D eigenvalue weighted by atomic mass is 32.1. The molecular weight excluding hydrogens is 1610 g/mol. The molecule has 0 amide bonds. The van der Waals surface area contributed by atoms with Crippen LogP contribution in [0.5, 0.6) is 0 Å². The first-order valence-corrected chi connectivity index (χ1v) is 43.4. The molecule has 0 saturated heterocycles. The SMILES string of the molecule is c1ccc(-c2ccc(-c3nc(-c4ccccc4)nc(-n4c5ccccc5c5ccc6sc7ncncc7c6c54)n3)cc2)cc1.c1ccc(-c2nc(-c3ccccc3)nc(-c3cccc(-n4c5ccccc5c5ccc6sc7ncncc7c6c54)c3)n2)cc1.c1ccc(-c2nc(-c3ccccc3)nc(-n3c4ccccc4c4ccc5sc6ncncc6c5c43)n2)cc1. The third-order valence-corrected chi connectivity index (χ3v) is 26.1. The minimum Gasteiger partial charge on any atom is -0.309 e. The zero-order valence-corrected chi connectivity index (χ0v) is 69.0. The molecule has 21 heteroatoms. The summed E-state index contributed by atoms with van der Waals surface area (Å²) in [4.78, 5) is 74.8. The highest BCUT2D eigenvalue weighted by Gasteiger charge is 2.27. The van der Waals surface area contributed by atoms with E-state index < -0.39 is 0 Å². The maximum Gasteiger partial charge on any atom is 0.238 e. The fraction of sp³-hybridized carbons (Fsp3) is 0. The summed E-state index contributed by atoms with van der Waals surface area (Å²) >= 11 is 5.04. The molecule has 0 spiro atoms. The van der Waals surface area contributed by atoms with Crippen LogP contribution in [0.3, 0.4) is 0 Å². The van der Waals surface area contributed by atoms with Gasteiger partial charge in [0.2, 0.25) is 11.9 Å². The number of fused-ring (bicyclic) bond motifs is 21. The minimum absolute atomic E-state index is 0.566. The second-order valence-electron chi connectivity index (χ2n) is 30.3. The lowest BCUT2D eigenvalue weighted by molar-refractivity contribution is 0.955. The van der Waals surface area contributed by atoms with E-state index in [9.17, 15) is 0 Å². The Hall–Kier alpha value is -16.6. The molecule has 0 unspecified atom stereocenters. The van der Waals surface area contributed by atoms with E-state index in [4.69, 9.17) is 44.9 Å². The van der Waals surface area contributed by atoms with E-state index in [1.54, 1.807) is 53.0 Å². The number of aromatic nitrogens is 18. The fourth-order valence-electron chi connectivity index (χ4n) is 17.2. The summed E-state index contributed by atoms with van der Waals surface area (Å²) in [5.74, 6) is 5.55. The Morgan fingerprint density at radius 3 is 0.825 bits per heavy atom. The molecule has 0 radical (unpaired) electrons. The maximum absolute atomic E-state index is 5.16. The van der Waals surface area contributed by atoms with Gasteiger partial charge in [-0.25, -0.2) is 54.8 Å². The molecular formula is C105H62N18S3. The zero-order chi connectivity index (χ0) is 83.1. The number of nitrogens with zero attached hydrogens (tertiary/aromatic N) is 18. The van der Waals surface area contributed by atoms with Crippen LogP contribution < -0.4 is 0 Å². The second kappa shape index (κ2) is 30.8. The van der Waals surface area contributed by atoms with Gasteiger partial charge >= 0.3 is 0 Å². The predicted octanol–water partition coefficient (Wildman–Crippen LogP) is 25.7. The van der Waals surface area contributed by atoms with Crippen LogP contribution >= 0.6 is 34.0 Å². The fourth-order valence-corrected chi connectivity index (χ4v) is 20.3. The summed E-state index contributed by atoms with van der Waals surface area (Å²) in [6.07, 6.45) is 10.6. The van der Waals surface area contributed by atoms with Crippen LogP contribution in [0.2, 0.25) is 0 Å². The zero-order valence-electron chi connectivity index (χ0n) is 66.6. The number of hydrogen-bond acceptors (Lipinski definition) is 18. The highest BCUT2D eigenvalue weighted by molar-refractivity contribution is 7.26. The van der Waals surface area contributed by atoms with E-state index in [-0.39, 0.29) is 0 Å². The molecule has 590 valence electrons. The number of rotatable bonds is 11. The van der Waals surface area contributed by atoms with E-state index in [1.807, 2.05) is 176 Å². The average molecular weight is 1670 g/mol. The van der Waals surface area contributed by atoms with Crippen LogP contribution in [0.15, 0.2) is 377 Å². The smallest absolute Gasteiger partial charge is 0.238 e. The summed E-state index contributed by atoms with van der Waals surface area (Å²) in [6, 6.07) is 116. The third-order valence-electron chi connectivity index (χ3n) is 22.9. The van der Waals surface area contributed by atoms with Gasteiger partial charge in [-0.3, -0.25) is 9.13 Å². The molecule has 0 saturated carbocycles. The molecule has 12 aromatic heterocycles.